The summed E-state index contributed by atoms with van der Waals surface area (Å²) in [5.74, 6) is -0.996. The lowest BCUT2D eigenvalue weighted by Gasteiger charge is -2.02. The van der Waals surface area contributed by atoms with Gasteiger partial charge in [0.2, 0.25) is 5.90 Å². The quantitative estimate of drug-likeness (QED) is 0.295. The molecule has 0 amide bonds. The summed E-state index contributed by atoms with van der Waals surface area (Å²) in [6, 6.07) is 7.92. The highest BCUT2D eigenvalue weighted by Gasteiger charge is 2.27. The van der Waals surface area contributed by atoms with Gasteiger partial charge in [0.15, 0.2) is 5.70 Å². The summed E-state index contributed by atoms with van der Waals surface area (Å²) in [7, 11) is 0. The lowest BCUT2D eigenvalue weighted by Crippen LogP contribution is -2.06. The van der Waals surface area contributed by atoms with Crippen molar-refractivity contribution in [3.05, 3.63) is 82.9 Å². The Hall–Kier alpha value is -3.11. The van der Waals surface area contributed by atoms with Gasteiger partial charge in [-0.2, -0.15) is 0 Å². The molecule has 136 valence electrons. The predicted octanol–water partition coefficient (Wildman–Crippen LogP) is 4.26. The molecule has 0 radical (unpaired) electrons. The summed E-state index contributed by atoms with van der Waals surface area (Å²) in [5, 5.41) is 22.0. The lowest BCUT2D eigenvalue weighted by molar-refractivity contribution is -0.385. The molecule has 0 spiro atoms. The Bertz CT molecular complexity index is 1070. The van der Waals surface area contributed by atoms with E-state index in [1.165, 1.54) is 30.3 Å². The van der Waals surface area contributed by atoms with Gasteiger partial charge in [0.1, 0.15) is 0 Å². The number of halogens is 2. The number of carbonyl (C=O) groups excluding carboxylic acids is 1. The van der Waals surface area contributed by atoms with Crippen molar-refractivity contribution in [3.8, 4) is 0 Å². The molecule has 0 unspecified atom stereocenters. The summed E-state index contributed by atoms with van der Waals surface area (Å²) in [4.78, 5) is 36.8. The first-order valence-electron chi connectivity index (χ1n) is 7.17. The highest BCUT2D eigenvalue weighted by Crippen LogP contribution is 2.29. The van der Waals surface area contributed by atoms with Crippen LogP contribution in [0.3, 0.4) is 0 Å². The Morgan fingerprint density at radius 2 is 1.85 bits per heavy atom. The molecule has 0 aliphatic carbocycles. The number of aliphatic imine (C=N–C) groups is 1. The van der Waals surface area contributed by atoms with Gasteiger partial charge in [-0.15, -0.1) is 0 Å². The number of hydrogen-bond donors (Lipinski definition) is 0. The predicted molar refractivity (Wildman–Crippen MR) is 99.5 cm³/mol. The molecule has 0 N–H and O–H groups in total. The van der Waals surface area contributed by atoms with E-state index in [0.717, 1.165) is 6.07 Å². The number of benzene rings is 2. The molecular weight excluding hydrogens is 446 g/mol. The molecule has 2 aromatic carbocycles. The Balaban J connectivity index is 2.01. The van der Waals surface area contributed by atoms with Gasteiger partial charge in [0, 0.05) is 18.2 Å². The van der Waals surface area contributed by atoms with E-state index < -0.39 is 15.8 Å². The third-order valence-electron chi connectivity index (χ3n) is 3.48. The van der Waals surface area contributed by atoms with Gasteiger partial charge >= 0.3 is 5.97 Å². The van der Waals surface area contributed by atoms with Gasteiger partial charge in [-0.3, -0.25) is 20.2 Å². The number of hydrogen-bond acceptors (Lipinski definition) is 7. The monoisotopic (exact) mass is 451 g/mol. The minimum atomic E-state index is -0.807. The van der Waals surface area contributed by atoms with Crippen molar-refractivity contribution < 1.29 is 19.4 Å². The van der Waals surface area contributed by atoms with Gasteiger partial charge < -0.3 is 4.74 Å². The van der Waals surface area contributed by atoms with Crippen molar-refractivity contribution in [1.82, 2.24) is 0 Å². The van der Waals surface area contributed by atoms with Crippen LogP contribution >= 0.6 is 27.5 Å². The highest BCUT2D eigenvalue weighted by molar-refractivity contribution is 9.10. The molecule has 3 rings (SSSR count). The summed E-state index contributed by atoms with van der Waals surface area (Å²) in [6.07, 6.45) is 1.31. The van der Waals surface area contributed by atoms with Crippen LogP contribution in [0.1, 0.15) is 11.1 Å². The van der Waals surface area contributed by atoms with Crippen LogP contribution in [0.15, 0.2) is 51.6 Å². The molecule has 1 heterocycles. The SMILES string of the molecule is O=C1OC(c2cc([N+](=O)[O-])ccc2Cl)=N/C1=C\c1ccc(Br)c([N+](=O)[O-])c1. The van der Waals surface area contributed by atoms with E-state index in [1.807, 2.05) is 0 Å². The lowest BCUT2D eigenvalue weighted by atomic mass is 10.1. The smallest absolute Gasteiger partial charge is 0.363 e. The number of carbonyl (C=O) groups is 1. The van der Waals surface area contributed by atoms with Crippen LogP contribution in [0.4, 0.5) is 11.4 Å². The van der Waals surface area contributed by atoms with E-state index in [2.05, 4.69) is 20.9 Å². The third-order valence-corrected chi connectivity index (χ3v) is 4.48. The summed E-state index contributed by atoms with van der Waals surface area (Å²) >= 11 is 9.09. The first-order valence-corrected chi connectivity index (χ1v) is 8.34. The number of ether oxygens (including phenoxy) is 1. The largest absolute Gasteiger partial charge is 0.402 e. The molecule has 27 heavy (non-hydrogen) atoms. The number of rotatable bonds is 4. The second-order valence-corrected chi connectivity index (χ2v) is 6.49. The minimum absolute atomic E-state index is 0.0874. The minimum Gasteiger partial charge on any atom is -0.402 e. The second kappa shape index (κ2) is 7.25. The number of esters is 1. The first-order chi connectivity index (χ1) is 12.8. The topological polar surface area (TPSA) is 125 Å². The zero-order valence-corrected chi connectivity index (χ0v) is 15.4. The normalized spacial score (nSPS) is 14.8. The van der Waals surface area contributed by atoms with Gasteiger partial charge in [0.05, 0.1) is 24.9 Å². The van der Waals surface area contributed by atoms with Gasteiger partial charge in [-0.05, 0) is 39.7 Å². The maximum absolute atomic E-state index is 12.1. The van der Waals surface area contributed by atoms with Crippen LogP contribution in [0.2, 0.25) is 5.02 Å². The van der Waals surface area contributed by atoms with Gasteiger partial charge in [-0.25, -0.2) is 9.79 Å². The fourth-order valence-corrected chi connectivity index (χ4v) is 2.82. The van der Waals surface area contributed by atoms with Crippen LogP contribution in [-0.2, 0) is 9.53 Å². The standard InChI is InChI=1S/C16H7BrClN3O6/c17-11-3-1-8(6-14(11)21(25)26)5-13-16(22)27-15(19-13)10-7-9(20(23)24)2-4-12(10)18/h1-7H/b13-5-. The molecule has 11 heteroatoms. The maximum Gasteiger partial charge on any atom is 0.363 e. The molecular formula is C16H7BrClN3O6. The van der Waals surface area contributed by atoms with E-state index >= 15 is 0 Å². The van der Waals surface area contributed by atoms with E-state index in [9.17, 15) is 25.0 Å². The Kier molecular flexibility index (Phi) is 5.02. The maximum atomic E-state index is 12.1. The van der Waals surface area contributed by atoms with Crippen LogP contribution in [0.25, 0.3) is 6.08 Å². The molecule has 1 aliphatic rings. The first kappa shape index (κ1) is 18.7. The average Bonchev–Trinajstić information content (AvgIpc) is 2.97. The van der Waals surface area contributed by atoms with Crippen LogP contribution in [0, 0.1) is 20.2 Å². The molecule has 0 fully saturated rings. The summed E-state index contributed by atoms with van der Waals surface area (Å²) < 4.78 is 5.33. The Labute approximate surface area is 164 Å². The zero-order valence-electron chi connectivity index (χ0n) is 13.1. The highest BCUT2D eigenvalue weighted by atomic mass is 79.9. The van der Waals surface area contributed by atoms with E-state index in [0.29, 0.717) is 5.56 Å². The van der Waals surface area contributed by atoms with Crippen molar-refractivity contribution in [1.29, 1.82) is 0 Å². The molecule has 0 atom stereocenters. The molecule has 1 aliphatic heterocycles. The fraction of sp³-hybridized carbons (Fsp3) is 0. The Morgan fingerprint density at radius 1 is 1.11 bits per heavy atom. The number of cyclic esters (lactones) is 1. The number of nitro benzene ring substituents is 2. The summed E-state index contributed by atoms with van der Waals surface area (Å²) in [5.41, 5.74) is -0.101. The molecule has 0 saturated carbocycles. The van der Waals surface area contributed by atoms with Crippen molar-refractivity contribution in [2.45, 2.75) is 0 Å². The average molecular weight is 453 g/mol. The van der Waals surface area contributed by atoms with Crippen LogP contribution in [-0.4, -0.2) is 21.7 Å². The fourth-order valence-electron chi connectivity index (χ4n) is 2.23. The van der Waals surface area contributed by atoms with E-state index in [1.54, 1.807) is 6.07 Å². The third kappa shape index (κ3) is 3.86. The molecule has 0 aromatic heterocycles. The second-order valence-electron chi connectivity index (χ2n) is 5.23. The van der Waals surface area contributed by atoms with Crippen LogP contribution < -0.4 is 0 Å². The summed E-state index contributed by atoms with van der Waals surface area (Å²) in [6.45, 7) is 0. The van der Waals surface area contributed by atoms with Gasteiger partial charge in [0.25, 0.3) is 11.4 Å². The van der Waals surface area contributed by atoms with E-state index in [-0.39, 0.29) is 38.0 Å². The van der Waals surface area contributed by atoms with Crippen molar-refractivity contribution in [2.24, 2.45) is 4.99 Å². The number of nitrogens with zero attached hydrogens (tertiary/aromatic N) is 3. The molecule has 0 saturated heterocycles. The van der Waals surface area contributed by atoms with Crippen LogP contribution in [0.5, 0.6) is 0 Å². The molecule has 0 bridgehead atoms. The van der Waals surface area contributed by atoms with Crippen molar-refractivity contribution in [2.75, 3.05) is 0 Å². The van der Waals surface area contributed by atoms with Crippen molar-refractivity contribution >= 4 is 56.8 Å². The van der Waals surface area contributed by atoms with Gasteiger partial charge in [-0.1, -0.05) is 17.7 Å². The Morgan fingerprint density at radius 3 is 2.52 bits per heavy atom. The number of nitro groups is 2. The number of non-ortho nitro benzene ring substituents is 1. The van der Waals surface area contributed by atoms with Crippen molar-refractivity contribution in [3.63, 3.8) is 0 Å². The van der Waals surface area contributed by atoms with E-state index in [4.69, 9.17) is 16.3 Å². The molecule has 9 nitrogen and oxygen atoms in total. The zero-order chi connectivity index (χ0) is 19.7. The molecule has 2 aromatic rings.